The van der Waals surface area contributed by atoms with Crippen molar-refractivity contribution < 1.29 is 90.5 Å². The Morgan fingerprint density at radius 2 is 1.37 bits per heavy atom. The Kier molecular flexibility index (Phi) is 29.2. The van der Waals surface area contributed by atoms with E-state index in [0.29, 0.717) is 85.0 Å². The maximum atomic E-state index is 13.7. The summed E-state index contributed by atoms with van der Waals surface area (Å²) >= 11 is 6.07. The predicted octanol–water partition coefficient (Wildman–Crippen LogP) is 2.70. The van der Waals surface area contributed by atoms with Crippen molar-refractivity contribution in [3.8, 4) is 0 Å². The third kappa shape index (κ3) is 26.2. The zero-order chi connectivity index (χ0) is 52.8. The van der Waals surface area contributed by atoms with E-state index in [2.05, 4.69) is 21.3 Å². The molecule has 1 aliphatic rings. The maximum Gasteiger partial charge on any atom is 0.407 e. The van der Waals surface area contributed by atoms with Crippen molar-refractivity contribution in [2.24, 2.45) is 0 Å². The van der Waals surface area contributed by atoms with E-state index in [1.807, 2.05) is 0 Å². The minimum absolute atomic E-state index is 0.0892. The molecular formula is C47H73ClN4O19. The minimum Gasteiger partial charge on any atom is -0.465 e. The van der Waals surface area contributed by atoms with Gasteiger partial charge in [0.15, 0.2) is 12.2 Å². The topological polar surface area (TPSA) is 286 Å². The molecule has 24 heteroatoms. The van der Waals surface area contributed by atoms with Crippen LogP contribution >= 0.6 is 11.6 Å². The zero-order valence-electron chi connectivity index (χ0n) is 42.1. The van der Waals surface area contributed by atoms with Gasteiger partial charge in [0.1, 0.15) is 17.8 Å². The summed E-state index contributed by atoms with van der Waals surface area (Å²) in [4.78, 5) is 101. The first kappa shape index (κ1) is 61.9. The van der Waals surface area contributed by atoms with Crippen LogP contribution in [0.15, 0.2) is 24.3 Å². The van der Waals surface area contributed by atoms with Gasteiger partial charge in [0.05, 0.1) is 85.6 Å². The standard InChI is InChI=1S/C47H73ClN4O19/c1-31(53)52-40-37(67-32(2)54)29-47(44(59)61-8,70-42(40)41(69-34(4)56)38(68-33(3)55)30-51-43(58)35-14-13-15-36(48)28-35)66-19-12-10-9-11-17-49-39(57)16-20-62-22-24-64-26-27-65-25-23-63-21-18-50-45(60)71-46(5,6)7/h13-15,28,37-38,40-42H,9-12,16-27,29-30H2,1-8H3,(H,49,57)(H,50,60)(H,51,58)(H,52,53)/t37-,38+,40+,41+,42+,47+/m0/s1. The number of methoxy groups -OCH3 is 1. The number of esters is 4. The van der Waals surface area contributed by atoms with Gasteiger partial charge in [0.25, 0.3) is 11.7 Å². The molecule has 0 radical (unpaired) electrons. The Labute approximate surface area is 419 Å². The second kappa shape index (κ2) is 33.5. The molecule has 0 aliphatic carbocycles. The monoisotopic (exact) mass is 1030 g/mol. The minimum atomic E-state index is -2.31. The molecule has 0 unspecified atom stereocenters. The molecule has 1 aromatic rings. The molecular weight excluding hydrogens is 960 g/mol. The van der Waals surface area contributed by atoms with E-state index in [1.54, 1.807) is 32.9 Å². The first-order valence-electron chi connectivity index (χ1n) is 23.4. The second-order valence-corrected chi connectivity index (χ2v) is 17.5. The Morgan fingerprint density at radius 1 is 0.746 bits per heavy atom. The number of carbonyl (C=O) groups excluding carboxylic acids is 8. The van der Waals surface area contributed by atoms with E-state index in [0.717, 1.165) is 27.9 Å². The van der Waals surface area contributed by atoms with E-state index in [-0.39, 0.29) is 36.1 Å². The number of halogens is 1. The summed E-state index contributed by atoms with van der Waals surface area (Å²) in [6.07, 6.45) is -4.71. The van der Waals surface area contributed by atoms with Crippen molar-refractivity contribution in [1.29, 1.82) is 0 Å². The van der Waals surface area contributed by atoms with E-state index < -0.39 is 96.6 Å². The Morgan fingerprint density at radius 3 is 1.94 bits per heavy atom. The molecule has 1 fully saturated rings. The van der Waals surface area contributed by atoms with Crippen LogP contribution in [0.2, 0.25) is 5.02 Å². The molecule has 402 valence electrons. The van der Waals surface area contributed by atoms with Gasteiger partial charge in [0, 0.05) is 57.8 Å². The van der Waals surface area contributed by atoms with Gasteiger partial charge in [-0.05, 0) is 51.8 Å². The van der Waals surface area contributed by atoms with Gasteiger partial charge < -0.3 is 73.4 Å². The van der Waals surface area contributed by atoms with Crippen LogP contribution in [0, 0.1) is 0 Å². The number of benzene rings is 1. The van der Waals surface area contributed by atoms with Crippen LogP contribution in [0.1, 0.15) is 97.3 Å². The Bertz CT molecular complexity index is 1850. The SMILES string of the molecule is COC(=O)[C@@]1(OCCCCCCNC(=O)CCOCCOCCOCCOCCNC(=O)OC(C)(C)C)C[C@H](OC(C)=O)[C@@H](NC(C)=O)[C@H]([C@H](OC(C)=O)[C@@H](CNC(=O)c2cccc(Cl)c2)OC(C)=O)O1. The van der Waals surface area contributed by atoms with Gasteiger partial charge in [-0.15, -0.1) is 0 Å². The summed E-state index contributed by atoms with van der Waals surface area (Å²) < 4.78 is 61.4. The fourth-order valence-electron chi connectivity index (χ4n) is 6.90. The molecule has 6 atom stereocenters. The summed E-state index contributed by atoms with van der Waals surface area (Å²) in [5, 5.41) is 11.0. The normalized spacial score (nSPS) is 18.5. The number of carbonyl (C=O) groups is 8. The highest BCUT2D eigenvalue weighted by Crippen LogP contribution is 2.37. The number of hydrogen-bond acceptors (Lipinski definition) is 19. The van der Waals surface area contributed by atoms with Crippen LogP contribution in [-0.2, 0) is 80.9 Å². The molecule has 1 saturated heterocycles. The summed E-state index contributed by atoms with van der Waals surface area (Å²) in [5.74, 6) is -7.34. The molecule has 0 bridgehead atoms. The molecule has 4 N–H and O–H groups in total. The van der Waals surface area contributed by atoms with Crippen molar-refractivity contribution >= 4 is 59.3 Å². The summed E-state index contributed by atoms with van der Waals surface area (Å²) in [5.41, 5.74) is -0.400. The quantitative estimate of drug-likeness (QED) is 0.0447. The number of hydrogen-bond donors (Lipinski definition) is 4. The predicted molar refractivity (Wildman–Crippen MR) is 252 cm³/mol. The summed E-state index contributed by atoms with van der Waals surface area (Å²) in [6.45, 7) is 12.6. The maximum absolute atomic E-state index is 13.7. The van der Waals surface area contributed by atoms with E-state index in [1.165, 1.54) is 19.1 Å². The van der Waals surface area contributed by atoms with Crippen molar-refractivity contribution in [2.45, 2.75) is 129 Å². The van der Waals surface area contributed by atoms with Gasteiger partial charge in [0.2, 0.25) is 11.8 Å². The number of unbranched alkanes of at least 4 members (excludes halogenated alkanes) is 3. The Hall–Kier alpha value is -5.17. The van der Waals surface area contributed by atoms with Gasteiger partial charge in [-0.25, -0.2) is 9.59 Å². The second-order valence-electron chi connectivity index (χ2n) is 17.1. The average molecular weight is 1030 g/mol. The van der Waals surface area contributed by atoms with Gasteiger partial charge in [-0.1, -0.05) is 30.5 Å². The molecule has 1 heterocycles. The molecule has 23 nitrogen and oxygen atoms in total. The van der Waals surface area contributed by atoms with E-state index in [4.69, 9.17) is 63.7 Å². The molecule has 0 aromatic heterocycles. The van der Waals surface area contributed by atoms with Crippen LogP contribution in [-0.4, -0.2) is 176 Å². The largest absolute Gasteiger partial charge is 0.465 e. The molecule has 0 spiro atoms. The van der Waals surface area contributed by atoms with Gasteiger partial charge in [-0.3, -0.25) is 28.8 Å². The lowest BCUT2D eigenvalue weighted by Gasteiger charge is -2.48. The van der Waals surface area contributed by atoms with Crippen LogP contribution in [0.5, 0.6) is 0 Å². The number of amides is 4. The molecule has 2 rings (SSSR count). The number of alkyl carbamates (subject to hydrolysis) is 1. The highest BCUT2D eigenvalue weighted by molar-refractivity contribution is 6.31. The average Bonchev–Trinajstić information content (AvgIpc) is 3.28. The van der Waals surface area contributed by atoms with Crippen molar-refractivity contribution in [2.75, 3.05) is 86.2 Å². The zero-order valence-corrected chi connectivity index (χ0v) is 42.8. The molecule has 0 saturated carbocycles. The van der Waals surface area contributed by atoms with E-state index in [9.17, 15) is 38.4 Å². The van der Waals surface area contributed by atoms with Crippen LogP contribution in [0.25, 0.3) is 0 Å². The lowest BCUT2D eigenvalue weighted by atomic mass is 9.87. The lowest BCUT2D eigenvalue weighted by molar-refractivity contribution is -0.313. The highest BCUT2D eigenvalue weighted by atomic mass is 35.5. The van der Waals surface area contributed by atoms with Crippen molar-refractivity contribution in [3.63, 3.8) is 0 Å². The third-order valence-electron chi connectivity index (χ3n) is 9.83. The first-order chi connectivity index (χ1) is 33.7. The summed E-state index contributed by atoms with van der Waals surface area (Å²) in [6, 6.07) is 4.69. The van der Waals surface area contributed by atoms with Crippen molar-refractivity contribution in [3.05, 3.63) is 34.9 Å². The van der Waals surface area contributed by atoms with Gasteiger partial charge in [-0.2, -0.15) is 0 Å². The smallest absolute Gasteiger partial charge is 0.407 e. The first-order valence-corrected chi connectivity index (χ1v) is 23.8. The number of rotatable bonds is 33. The molecule has 1 aromatic carbocycles. The number of ether oxygens (including phenoxy) is 11. The molecule has 71 heavy (non-hydrogen) atoms. The van der Waals surface area contributed by atoms with Crippen LogP contribution in [0.3, 0.4) is 0 Å². The summed E-state index contributed by atoms with van der Waals surface area (Å²) in [7, 11) is 1.08. The third-order valence-corrected chi connectivity index (χ3v) is 10.1. The van der Waals surface area contributed by atoms with Crippen LogP contribution < -0.4 is 21.3 Å². The van der Waals surface area contributed by atoms with Crippen LogP contribution in [0.4, 0.5) is 4.79 Å². The highest BCUT2D eigenvalue weighted by Gasteiger charge is 2.59. The van der Waals surface area contributed by atoms with Crippen molar-refractivity contribution in [1.82, 2.24) is 21.3 Å². The Balaban J connectivity index is 1.88. The van der Waals surface area contributed by atoms with Gasteiger partial charge >= 0.3 is 30.0 Å². The molecule has 1 aliphatic heterocycles. The fourth-order valence-corrected chi connectivity index (χ4v) is 7.09. The number of nitrogens with one attached hydrogen (secondary N) is 4. The molecule has 4 amide bonds. The lowest BCUT2D eigenvalue weighted by Crippen LogP contribution is -2.69. The fraction of sp³-hybridized carbons (Fsp3) is 0.702. The van der Waals surface area contributed by atoms with E-state index >= 15 is 0 Å².